The second-order valence-electron chi connectivity index (χ2n) is 6.01. The maximum absolute atomic E-state index is 11.9. The van der Waals surface area contributed by atoms with Crippen LogP contribution in [0, 0.1) is 13.8 Å². The molecule has 3 rings (SSSR count). The van der Waals surface area contributed by atoms with Crippen molar-refractivity contribution in [1.29, 1.82) is 0 Å². The summed E-state index contributed by atoms with van der Waals surface area (Å²) in [6, 6.07) is 16.8. The summed E-state index contributed by atoms with van der Waals surface area (Å²) >= 11 is 5.88. The normalized spacial score (nSPS) is 10.9. The highest BCUT2D eigenvalue weighted by atomic mass is 35.5. The van der Waals surface area contributed by atoms with E-state index >= 15 is 0 Å². The van der Waals surface area contributed by atoms with E-state index in [4.69, 9.17) is 20.8 Å². The molecule has 0 saturated heterocycles. The van der Waals surface area contributed by atoms with E-state index in [0.717, 1.165) is 22.4 Å². The van der Waals surface area contributed by atoms with E-state index in [9.17, 15) is 4.79 Å². The molecule has 0 bridgehead atoms. The number of nitrogens with one attached hydrogen (secondary N) is 1. The van der Waals surface area contributed by atoms with Gasteiger partial charge in [0.25, 0.3) is 5.91 Å². The van der Waals surface area contributed by atoms with E-state index in [1.807, 2.05) is 50.2 Å². The molecule has 0 unspecified atom stereocenters. The summed E-state index contributed by atoms with van der Waals surface area (Å²) < 4.78 is 11.3. The van der Waals surface area contributed by atoms with Crippen LogP contribution in [0.1, 0.15) is 16.9 Å². The summed E-state index contributed by atoms with van der Waals surface area (Å²) in [7, 11) is 0. The molecular formula is C21H19ClN2O3. The lowest BCUT2D eigenvalue weighted by atomic mass is 10.1. The van der Waals surface area contributed by atoms with Crippen LogP contribution < -0.4 is 10.2 Å². The maximum Gasteiger partial charge on any atom is 0.277 e. The molecule has 6 heteroatoms. The van der Waals surface area contributed by atoms with Crippen molar-refractivity contribution in [2.45, 2.75) is 13.8 Å². The number of rotatable bonds is 6. The Morgan fingerprint density at radius 1 is 1.11 bits per heavy atom. The van der Waals surface area contributed by atoms with Crippen LogP contribution in [0.2, 0.25) is 5.02 Å². The van der Waals surface area contributed by atoms with Gasteiger partial charge >= 0.3 is 0 Å². The van der Waals surface area contributed by atoms with Crippen LogP contribution >= 0.6 is 11.6 Å². The first kappa shape index (κ1) is 18.7. The molecule has 0 fully saturated rings. The third-order valence-corrected chi connectivity index (χ3v) is 4.14. The first-order chi connectivity index (χ1) is 13.0. The zero-order chi connectivity index (χ0) is 19.2. The predicted octanol–water partition coefficient (Wildman–Crippen LogP) is 4.75. The van der Waals surface area contributed by atoms with Gasteiger partial charge in [0.05, 0.1) is 6.21 Å². The topological polar surface area (TPSA) is 63.8 Å². The van der Waals surface area contributed by atoms with Gasteiger partial charge in [0.15, 0.2) is 6.61 Å². The van der Waals surface area contributed by atoms with E-state index in [1.165, 1.54) is 6.21 Å². The van der Waals surface area contributed by atoms with Gasteiger partial charge in [0, 0.05) is 10.6 Å². The fourth-order valence-electron chi connectivity index (χ4n) is 2.56. The van der Waals surface area contributed by atoms with Gasteiger partial charge in [-0.3, -0.25) is 4.79 Å². The minimum absolute atomic E-state index is 0.114. The van der Waals surface area contributed by atoms with Gasteiger partial charge < -0.3 is 9.15 Å². The van der Waals surface area contributed by atoms with Gasteiger partial charge in [0.2, 0.25) is 0 Å². The van der Waals surface area contributed by atoms with Crippen molar-refractivity contribution in [3.8, 4) is 17.1 Å². The maximum atomic E-state index is 11.9. The Balaban J connectivity index is 1.53. The van der Waals surface area contributed by atoms with Crippen LogP contribution in [0.15, 0.2) is 64.1 Å². The summed E-state index contributed by atoms with van der Waals surface area (Å²) in [5, 5.41) is 4.57. The molecule has 2 aromatic carbocycles. The molecule has 1 heterocycles. The van der Waals surface area contributed by atoms with Crippen LogP contribution in [0.25, 0.3) is 11.3 Å². The van der Waals surface area contributed by atoms with Gasteiger partial charge in [-0.15, -0.1) is 0 Å². The minimum atomic E-state index is -0.349. The quantitative estimate of drug-likeness (QED) is 0.494. The first-order valence-corrected chi connectivity index (χ1v) is 8.77. The molecule has 0 atom stereocenters. The summed E-state index contributed by atoms with van der Waals surface area (Å²) in [5.41, 5.74) is 5.30. The molecule has 138 valence electrons. The van der Waals surface area contributed by atoms with Gasteiger partial charge in [-0.2, -0.15) is 5.10 Å². The fourth-order valence-corrected chi connectivity index (χ4v) is 2.68. The number of benzene rings is 2. The summed E-state index contributed by atoms with van der Waals surface area (Å²) in [5.74, 6) is 1.59. The van der Waals surface area contributed by atoms with Gasteiger partial charge in [-0.1, -0.05) is 29.8 Å². The SMILES string of the molecule is Cc1cccc(C)c1OCC(=O)N/N=C\c1ccc(-c2ccc(Cl)cc2)o1. The highest BCUT2D eigenvalue weighted by Gasteiger charge is 2.07. The monoisotopic (exact) mass is 382 g/mol. The molecule has 3 aromatic rings. The molecule has 0 aliphatic carbocycles. The fraction of sp³-hybridized carbons (Fsp3) is 0.143. The summed E-state index contributed by atoms with van der Waals surface area (Å²) in [6.45, 7) is 3.76. The molecule has 1 amide bonds. The number of carbonyl (C=O) groups is 1. The van der Waals surface area contributed by atoms with E-state index in [1.54, 1.807) is 18.2 Å². The molecule has 0 radical (unpaired) electrons. The number of hydrazone groups is 1. The number of ether oxygens (including phenoxy) is 1. The van der Waals surface area contributed by atoms with Crippen molar-refractivity contribution in [1.82, 2.24) is 5.43 Å². The lowest BCUT2D eigenvalue weighted by molar-refractivity contribution is -0.123. The van der Waals surface area contributed by atoms with Crippen molar-refractivity contribution in [2.75, 3.05) is 6.61 Å². The van der Waals surface area contributed by atoms with Gasteiger partial charge in [-0.05, 0) is 61.4 Å². The third kappa shape index (κ3) is 4.99. The average Bonchev–Trinajstić information content (AvgIpc) is 3.11. The summed E-state index contributed by atoms with van der Waals surface area (Å²) in [4.78, 5) is 11.9. The number of hydrogen-bond acceptors (Lipinski definition) is 4. The number of furan rings is 1. The molecule has 0 aliphatic rings. The molecular weight excluding hydrogens is 364 g/mol. The van der Waals surface area contributed by atoms with Gasteiger partial charge in [-0.25, -0.2) is 5.43 Å². The molecule has 27 heavy (non-hydrogen) atoms. The highest BCUT2D eigenvalue weighted by Crippen LogP contribution is 2.23. The number of halogens is 1. The van der Waals surface area contributed by atoms with E-state index in [-0.39, 0.29) is 12.5 Å². The largest absolute Gasteiger partial charge is 0.483 e. The van der Waals surface area contributed by atoms with Crippen molar-refractivity contribution in [3.63, 3.8) is 0 Å². The van der Waals surface area contributed by atoms with Crippen molar-refractivity contribution in [2.24, 2.45) is 5.10 Å². The predicted molar refractivity (Wildman–Crippen MR) is 106 cm³/mol. The lowest BCUT2D eigenvalue weighted by Gasteiger charge is -2.10. The Morgan fingerprint density at radius 2 is 1.81 bits per heavy atom. The highest BCUT2D eigenvalue weighted by molar-refractivity contribution is 6.30. The average molecular weight is 383 g/mol. The van der Waals surface area contributed by atoms with Crippen molar-refractivity contribution < 1.29 is 13.9 Å². The Morgan fingerprint density at radius 3 is 2.52 bits per heavy atom. The number of hydrogen-bond donors (Lipinski definition) is 1. The number of aryl methyl sites for hydroxylation is 2. The Labute approximate surface area is 162 Å². The van der Waals surface area contributed by atoms with E-state index in [0.29, 0.717) is 16.5 Å². The summed E-state index contributed by atoms with van der Waals surface area (Å²) in [6.07, 6.45) is 1.44. The second-order valence-corrected chi connectivity index (χ2v) is 6.45. The number of nitrogens with zero attached hydrogens (tertiary/aromatic N) is 1. The number of amides is 1. The molecule has 1 N–H and O–H groups in total. The smallest absolute Gasteiger partial charge is 0.277 e. The van der Waals surface area contributed by atoms with Crippen molar-refractivity contribution >= 4 is 23.7 Å². The third-order valence-electron chi connectivity index (χ3n) is 3.89. The Hall–Kier alpha value is -3.05. The second kappa shape index (κ2) is 8.56. The zero-order valence-corrected chi connectivity index (χ0v) is 15.8. The van der Waals surface area contributed by atoms with Crippen LogP contribution in [0.4, 0.5) is 0 Å². The Bertz CT molecular complexity index is 942. The molecule has 0 saturated carbocycles. The number of carbonyl (C=O) groups excluding carboxylic acids is 1. The van der Waals surface area contributed by atoms with E-state index < -0.39 is 0 Å². The van der Waals surface area contributed by atoms with Crippen LogP contribution in [0.3, 0.4) is 0 Å². The van der Waals surface area contributed by atoms with Gasteiger partial charge in [0.1, 0.15) is 17.3 Å². The van der Waals surface area contributed by atoms with Crippen LogP contribution in [-0.4, -0.2) is 18.7 Å². The standard InChI is InChI=1S/C21H19ClN2O3/c1-14-4-3-5-15(2)21(14)26-13-20(25)24-23-12-18-10-11-19(27-18)16-6-8-17(22)9-7-16/h3-12H,13H2,1-2H3,(H,24,25)/b23-12-. The lowest BCUT2D eigenvalue weighted by Crippen LogP contribution is -2.24. The Kier molecular flexibility index (Phi) is 5.94. The van der Waals surface area contributed by atoms with E-state index in [2.05, 4.69) is 10.5 Å². The molecule has 5 nitrogen and oxygen atoms in total. The van der Waals surface area contributed by atoms with Crippen LogP contribution in [-0.2, 0) is 4.79 Å². The minimum Gasteiger partial charge on any atom is -0.483 e. The molecule has 1 aromatic heterocycles. The zero-order valence-electron chi connectivity index (χ0n) is 15.0. The van der Waals surface area contributed by atoms with Crippen LogP contribution in [0.5, 0.6) is 5.75 Å². The first-order valence-electron chi connectivity index (χ1n) is 8.39. The van der Waals surface area contributed by atoms with Crippen molar-refractivity contribution in [3.05, 3.63) is 76.5 Å². The number of para-hydroxylation sites is 1. The molecule has 0 spiro atoms. The molecule has 0 aliphatic heterocycles.